The van der Waals surface area contributed by atoms with Gasteiger partial charge in [-0.05, 0) is 42.3 Å². The lowest BCUT2D eigenvalue weighted by Crippen LogP contribution is -2.55. The third kappa shape index (κ3) is 1.47. The largest absolute Gasteiger partial charge is 0.379 e. The summed E-state index contributed by atoms with van der Waals surface area (Å²) in [5, 5.41) is 0. The molecular formula is C15H21NO. The Hall–Kier alpha value is -0.860. The van der Waals surface area contributed by atoms with E-state index in [4.69, 9.17) is 10.5 Å². The average Bonchev–Trinajstić information content (AvgIpc) is 3.10. The third-order valence-corrected chi connectivity index (χ3v) is 4.87. The van der Waals surface area contributed by atoms with E-state index in [-0.39, 0.29) is 5.41 Å². The Bertz CT molecular complexity index is 401. The molecule has 92 valence electrons. The van der Waals surface area contributed by atoms with E-state index in [9.17, 15) is 0 Å². The zero-order chi connectivity index (χ0) is 11.9. The first kappa shape index (κ1) is 11.2. The quantitative estimate of drug-likeness (QED) is 0.862. The highest BCUT2D eigenvalue weighted by atomic mass is 16.5. The smallest absolute Gasteiger partial charge is 0.0591 e. The Morgan fingerprint density at radius 3 is 2.18 bits per heavy atom. The molecule has 1 saturated carbocycles. The van der Waals surface area contributed by atoms with Crippen molar-refractivity contribution in [3.63, 3.8) is 0 Å². The summed E-state index contributed by atoms with van der Waals surface area (Å²) in [7, 11) is 0. The Balaban J connectivity index is 1.94. The van der Waals surface area contributed by atoms with Crippen molar-refractivity contribution in [1.29, 1.82) is 0 Å². The molecule has 1 aromatic rings. The van der Waals surface area contributed by atoms with Gasteiger partial charge in [0.2, 0.25) is 0 Å². The van der Waals surface area contributed by atoms with Gasteiger partial charge in [-0.3, -0.25) is 0 Å². The van der Waals surface area contributed by atoms with Gasteiger partial charge in [-0.1, -0.05) is 31.2 Å². The molecule has 1 aromatic carbocycles. The van der Waals surface area contributed by atoms with Crippen LogP contribution < -0.4 is 5.73 Å². The zero-order valence-corrected chi connectivity index (χ0v) is 10.5. The van der Waals surface area contributed by atoms with E-state index in [2.05, 4.69) is 31.2 Å². The second-order valence-electron chi connectivity index (χ2n) is 5.61. The van der Waals surface area contributed by atoms with Gasteiger partial charge in [0.25, 0.3) is 0 Å². The van der Waals surface area contributed by atoms with Gasteiger partial charge in [0, 0.05) is 5.41 Å². The first-order valence-electron chi connectivity index (χ1n) is 6.64. The lowest BCUT2D eigenvalue weighted by molar-refractivity contribution is -0.0973. The minimum Gasteiger partial charge on any atom is -0.379 e. The number of nitrogens with two attached hydrogens (primary N) is 1. The topological polar surface area (TPSA) is 35.2 Å². The van der Waals surface area contributed by atoms with Crippen LogP contribution in [-0.2, 0) is 16.6 Å². The molecule has 3 rings (SSSR count). The van der Waals surface area contributed by atoms with Crippen molar-refractivity contribution in [3.8, 4) is 0 Å². The first-order valence-corrected chi connectivity index (χ1v) is 6.64. The molecule has 2 fully saturated rings. The molecule has 0 unspecified atom stereocenters. The number of ether oxygens (including phenoxy) is 1. The fourth-order valence-electron chi connectivity index (χ4n) is 3.17. The first-order chi connectivity index (χ1) is 8.26. The molecule has 2 N–H and O–H groups in total. The van der Waals surface area contributed by atoms with Crippen LogP contribution in [0.1, 0.15) is 30.9 Å². The van der Waals surface area contributed by atoms with Crippen molar-refractivity contribution < 1.29 is 4.74 Å². The standard InChI is InChI=1S/C15H21NO/c1-2-12-3-5-13(6-4-12)15(10-17-11-15)14(9-16)7-8-14/h3-6H,2,7-11,16H2,1H3. The molecule has 1 aliphatic carbocycles. The van der Waals surface area contributed by atoms with Gasteiger partial charge < -0.3 is 10.5 Å². The van der Waals surface area contributed by atoms with Crippen molar-refractivity contribution in [3.05, 3.63) is 35.4 Å². The number of hydrogen-bond acceptors (Lipinski definition) is 2. The normalized spacial score (nSPS) is 24.1. The monoisotopic (exact) mass is 231 g/mol. The van der Waals surface area contributed by atoms with Gasteiger partial charge in [-0.15, -0.1) is 0 Å². The predicted molar refractivity (Wildman–Crippen MR) is 69.0 cm³/mol. The van der Waals surface area contributed by atoms with Crippen LogP contribution >= 0.6 is 0 Å². The summed E-state index contributed by atoms with van der Waals surface area (Å²) in [6, 6.07) is 9.08. The number of rotatable bonds is 4. The van der Waals surface area contributed by atoms with E-state index < -0.39 is 0 Å². The highest BCUT2D eigenvalue weighted by Crippen LogP contribution is 2.61. The number of aryl methyl sites for hydroxylation is 1. The number of hydrogen-bond donors (Lipinski definition) is 1. The zero-order valence-electron chi connectivity index (χ0n) is 10.5. The fourth-order valence-corrected chi connectivity index (χ4v) is 3.17. The minimum atomic E-state index is 0.216. The van der Waals surface area contributed by atoms with Crippen molar-refractivity contribution in [2.45, 2.75) is 31.6 Å². The molecule has 1 aliphatic heterocycles. The van der Waals surface area contributed by atoms with Gasteiger partial charge in [0.1, 0.15) is 0 Å². The van der Waals surface area contributed by atoms with Gasteiger partial charge >= 0.3 is 0 Å². The summed E-state index contributed by atoms with van der Waals surface area (Å²) in [5.74, 6) is 0. The molecule has 0 spiro atoms. The lowest BCUT2D eigenvalue weighted by atomic mass is 9.66. The van der Waals surface area contributed by atoms with Crippen molar-refractivity contribution in [2.24, 2.45) is 11.1 Å². The van der Waals surface area contributed by atoms with E-state index in [1.165, 1.54) is 24.0 Å². The molecule has 2 heteroatoms. The van der Waals surface area contributed by atoms with E-state index in [0.29, 0.717) is 5.41 Å². The number of benzene rings is 1. The van der Waals surface area contributed by atoms with Crippen molar-refractivity contribution in [1.82, 2.24) is 0 Å². The van der Waals surface area contributed by atoms with Crippen LogP contribution in [0.25, 0.3) is 0 Å². The lowest BCUT2D eigenvalue weighted by Gasteiger charge is -2.48. The summed E-state index contributed by atoms with van der Waals surface area (Å²) < 4.78 is 5.52. The van der Waals surface area contributed by atoms with Gasteiger partial charge in [0.05, 0.1) is 13.2 Å². The van der Waals surface area contributed by atoms with Crippen molar-refractivity contribution >= 4 is 0 Å². The van der Waals surface area contributed by atoms with Crippen LogP contribution in [0.5, 0.6) is 0 Å². The third-order valence-electron chi connectivity index (χ3n) is 4.87. The maximum Gasteiger partial charge on any atom is 0.0591 e. The molecule has 2 aliphatic rings. The van der Waals surface area contributed by atoms with Crippen LogP contribution in [0, 0.1) is 5.41 Å². The average molecular weight is 231 g/mol. The predicted octanol–water partition coefficient (Wildman–Crippen LogP) is 2.26. The molecule has 0 radical (unpaired) electrons. The molecule has 0 atom stereocenters. The SMILES string of the molecule is CCc1ccc(C2(C3(CN)CC3)COC2)cc1. The highest BCUT2D eigenvalue weighted by molar-refractivity contribution is 5.36. The van der Waals surface area contributed by atoms with Crippen LogP contribution in [0.2, 0.25) is 0 Å². The maximum absolute atomic E-state index is 6.00. The molecule has 0 amide bonds. The van der Waals surface area contributed by atoms with Gasteiger partial charge in [-0.2, -0.15) is 0 Å². The summed E-state index contributed by atoms with van der Waals surface area (Å²) in [6.45, 7) is 4.71. The molecule has 2 nitrogen and oxygen atoms in total. The Kier molecular flexibility index (Phi) is 2.53. The van der Waals surface area contributed by atoms with E-state index in [1.807, 2.05) is 0 Å². The molecule has 1 saturated heterocycles. The van der Waals surface area contributed by atoms with Crippen LogP contribution in [0.4, 0.5) is 0 Å². The van der Waals surface area contributed by atoms with E-state index >= 15 is 0 Å². The second kappa shape index (κ2) is 3.82. The van der Waals surface area contributed by atoms with Crippen LogP contribution in [0.3, 0.4) is 0 Å². The maximum atomic E-state index is 6.00. The molecular weight excluding hydrogens is 210 g/mol. The molecule has 0 aromatic heterocycles. The van der Waals surface area contributed by atoms with E-state index in [0.717, 1.165) is 26.2 Å². The second-order valence-corrected chi connectivity index (χ2v) is 5.61. The van der Waals surface area contributed by atoms with Crippen LogP contribution in [-0.4, -0.2) is 19.8 Å². The summed E-state index contributed by atoms with van der Waals surface area (Å²) in [4.78, 5) is 0. The Labute approximate surface area is 103 Å². The van der Waals surface area contributed by atoms with Crippen LogP contribution in [0.15, 0.2) is 24.3 Å². The van der Waals surface area contributed by atoms with Crippen molar-refractivity contribution in [2.75, 3.05) is 19.8 Å². The molecule has 1 heterocycles. The molecule has 0 bridgehead atoms. The minimum absolute atomic E-state index is 0.216. The summed E-state index contributed by atoms with van der Waals surface area (Å²) in [6.07, 6.45) is 3.64. The summed E-state index contributed by atoms with van der Waals surface area (Å²) >= 11 is 0. The van der Waals surface area contributed by atoms with Gasteiger partial charge in [-0.25, -0.2) is 0 Å². The molecule has 17 heavy (non-hydrogen) atoms. The Morgan fingerprint density at radius 1 is 1.18 bits per heavy atom. The Morgan fingerprint density at radius 2 is 1.82 bits per heavy atom. The summed E-state index contributed by atoms with van der Waals surface area (Å²) in [5.41, 5.74) is 9.39. The highest BCUT2D eigenvalue weighted by Gasteiger charge is 2.62. The van der Waals surface area contributed by atoms with E-state index in [1.54, 1.807) is 0 Å². The van der Waals surface area contributed by atoms with Gasteiger partial charge in [0.15, 0.2) is 0 Å². The fraction of sp³-hybridized carbons (Fsp3) is 0.600.